The second kappa shape index (κ2) is 3.56. The monoisotopic (exact) mass is 192 g/mol. The van der Waals surface area contributed by atoms with E-state index in [0.29, 0.717) is 5.92 Å². The maximum atomic E-state index is 11.2. The van der Waals surface area contributed by atoms with Gasteiger partial charge in [-0.1, -0.05) is 12.8 Å². The van der Waals surface area contributed by atoms with E-state index in [1.54, 1.807) is 13.1 Å². The van der Waals surface area contributed by atoms with Crippen molar-refractivity contribution in [1.29, 1.82) is 0 Å². The van der Waals surface area contributed by atoms with E-state index in [9.17, 15) is 4.79 Å². The standard InChI is InChI=1S/C11H16N2O/c1-8(14)10-7-12-11(13(10)2)9-5-3-4-6-9/h7,9H,3-6H2,1-2H3. The highest BCUT2D eigenvalue weighted by Crippen LogP contribution is 2.33. The van der Waals surface area contributed by atoms with Gasteiger partial charge in [-0.3, -0.25) is 4.79 Å². The van der Waals surface area contributed by atoms with Crippen molar-refractivity contribution in [3.8, 4) is 0 Å². The van der Waals surface area contributed by atoms with Gasteiger partial charge in [0.25, 0.3) is 0 Å². The molecular formula is C11H16N2O. The molecule has 0 aromatic carbocycles. The quantitative estimate of drug-likeness (QED) is 0.674. The molecule has 0 radical (unpaired) electrons. The zero-order chi connectivity index (χ0) is 10.1. The Bertz CT molecular complexity index is 348. The fraction of sp³-hybridized carbons (Fsp3) is 0.636. The summed E-state index contributed by atoms with van der Waals surface area (Å²) in [6.45, 7) is 1.59. The number of carbonyl (C=O) groups excluding carboxylic acids is 1. The number of aromatic nitrogens is 2. The van der Waals surface area contributed by atoms with E-state index >= 15 is 0 Å². The second-order valence-corrected chi connectivity index (χ2v) is 4.10. The summed E-state index contributed by atoms with van der Waals surface area (Å²) in [5, 5.41) is 0. The molecule has 1 saturated carbocycles. The van der Waals surface area contributed by atoms with Crippen LogP contribution >= 0.6 is 0 Å². The first-order valence-corrected chi connectivity index (χ1v) is 5.22. The molecule has 1 aromatic heterocycles. The SMILES string of the molecule is CC(=O)c1cnc(C2CCCC2)n1C. The predicted molar refractivity (Wildman–Crippen MR) is 54.4 cm³/mol. The number of carbonyl (C=O) groups is 1. The fourth-order valence-electron chi connectivity index (χ4n) is 2.31. The second-order valence-electron chi connectivity index (χ2n) is 4.10. The van der Waals surface area contributed by atoms with Crippen molar-refractivity contribution in [3.05, 3.63) is 17.7 Å². The molecule has 14 heavy (non-hydrogen) atoms. The lowest BCUT2D eigenvalue weighted by Crippen LogP contribution is -2.07. The number of imidazole rings is 1. The average Bonchev–Trinajstić information content (AvgIpc) is 2.71. The van der Waals surface area contributed by atoms with Gasteiger partial charge in [-0.15, -0.1) is 0 Å². The summed E-state index contributed by atoms with van der Waals surface area (Å²) >= 11 is 0. The minimum Gasteiger partial charge on any atom is -0.329 e. The Morgan fingerprint density at radius 2 is 2.14 bits per heavy atom. The van der Waals surface area contributed by atoms with Gasteiger partial charge >= 0.3 is 0 Å². The highest BCUT2D eigenvalue weighted by molar-refractivity contribution is 5.92. The summed E-state index contributed by atoms with van der Waals surface area (Å²) in [4.78, 5) is 15.6. The van der Waals surface area contributed by atoms with Crippen molar-refractivity contribution in [1.82, 2.24) is 9.55 Å². The summed E-state index contributed by atoms with van der Waals surface area (Å²) in [6, 6.07) is 0. The van der Waals surface area contributed by atoms with Crippen LogP contribution in [0.5, 0.6) is 0 Å². The molecular weight excluding hydrogens is 176 g/mol. The van der Waals surface area contributed by atoms with Crippen LogP contribution in [0.15, 0.2) is 6.20 Å². The van der Waals surface area contributed by atoms with Crippen LogP contribution in [-0.2, 0) is 7.05 Å². The van der Waals surface area contributed by atoms with Crippen LogP contribution in [0.25, 0.3) is 0 Å². The van der Waals surface area contributed by atoms with Gasteiger partial charge in [-0.25, -0.2) is 4.98 Å². The van der Waals surface area contributed by atoms with Gasteiger partial charge in [0.2, 0.25) is 0 Å². The Morgan fingerprint density at radius 3 is 2.64 bits per heavy atom. The smallest absolute Gasteiger partial charge is 0.177 e. The molecule has 0 atom stereocenters. The summed E-state index contributed by atoms with van der Waals surface area (Å²) in [5.74, 6) is 1.77. The molecule has 0 bridgehead atoms. The van der Waals surface area contributed by atoms with Crippen LogP contribution in [-0.4, -0.2) is 15.3 Å². The number of rotatable bonds is 2. The molecule has 1 heterocycles. The highest BCUT2D eigenvalue weighted by Gasteiger charge is 2.22. The Balaban J connectivity index is 2.30. The number of Topliss-reactive ketones (excluding diaryl/α,β-unsaturated/α-hetero) is 1. The van der Waals surface area contributed by atoms with Gasteiger partial charge in [0.1, 0.15) is 11.5 Å². The summed E-state index contributed by atoms with van der Waals surface area (Å²) in [7, 11) is 1.94. The Kier molecular flexibility index (Phi) is 2.40. The summed E-state index contributed by atoms with van der Waals surface area (Å²) < 4.78 is 1.96. The fourth-order valence-corrected chi connectivity index (χ4v) is 2.31. The van der Waals surface area contributed by atoms with Crippen LogP contribution in [0.4, 0.5) is 0 Å². The molecule has 0 saturated heterocycles. The van der Waals surface area contributed by atoms with Crippen molar-refractivity contribution in [3.63, 3.8) is 0 Å². The van der Waals surface area contributed by atoms with E-state index in [1.807, 2.05) is 11.6 Å². The highest BCUT2D eigenvalue weighted by atomic mass is 16.1. The number of hydrogen-bond acceptors (Lipinski definition) is 2. The number of hydrogen-bond donors (Lipinski definition) is 0. The molecule has 0 unspecified atom stereocenters. The van der Waals surface area contributed by atoms with Gasteiger partial charge in [0.15, 0.2) is 5.78 Å². The van der Waals surface area contributed by atoms with Crippen molar-refractivity contribution in [2.45, 2.75) is 38.5 Å². The van der Waals surface area contributed by atoms with Crippen LogP contribution in [0.2, 0.25) is 0 Å². The first kappa shape index (κ1) is 9.44. The Morgan fingerprint density at radius 1 is 1.50 bits per heavy atom. The molecule has 0 N–H and O–H groups in total. The van der Waals surface area contributed by atoms with Crippen molar-refractivity contribution >= 4 is 5.78 Å². The number of nitrogens with zero attached hydrogens (tertiary/aromatic N) is 2. The van der Waals surface area contributed by atoms with Gasteiger partial charge in [-0.2, -0.15) is 0 Å². The molecule has 1 fully saturated rings. The van der Waals surface area contributed by atoms with Crippen LogP contribution in [0, 0.1) is 0 Å². The molecule has 1 aromatic rings. The van der Waals surface area contributed by atoms with Crippen LogP contribution in [0.1, 0.15) is 54.8 Å². The predicted octanol–water partition coefficient (Wildman–Crippen LogP) is 2.28. The van der Waals surface area contributed by atoms with Gasteiger partial charge in [0, 0.05) is 19.9 Å². The maximum absolute atomic E-state index is 11.2. The maximum Gasteiger partial charge on any atom is 0.177 e. The molecule has 1 aliphatic carbocycles. The zero-order valence-electron chi connectivity index (χ0n) is 8.79. The van der Waals surface area contributed by atoms with Crippen LogP contribution in [0.3, 0.4) is 0 Å². The lowest BCUT2D eigenvalue weighted by atomic mass is 10.1. The molecule has 0 amide bonds. The van der Waals surface area contributed by atoms with Crippen molar-refractivity contribution in [2.75, 3.05) is 0 Å². The lowest BCUT2D eigenvalue weighted by molar-refractivity contribution is 0.101. The number of ketones is 1. The Labute approximate surface area is 84.1 Å². The molecule has 3 nitrogen and oxygen atoms in total. The normalized spacial score (nSPS) is 17.6. The van der Waals surface area contributed by atoms with E-state index in [2.05, 4.69) is 4.98 Å². The third-order valence-corrected chi connectivity index (χ3v) is 3.11. The molecule has 1 aliphatic rings. The van der Waals surface area contributed by atoms with E-state index in [4.69, 9.17) is 0 Å². The van der Waals surface area contributed by atoms with E-state index in [1.165, 1.54) is 25.7 Å². The van der Waals surface area contributed by atoms with Gasteiger partial charge < -0.3 is 4.57 Å². The zero-order valence-corrected chi connectivity index (χ0v) is 8.79. The minimum atomic E-state index is 0.101. The summed E-state index contributed by atoms with van der Waals surface area (Å²) in [6.07, 6.45) is 6.75. The molecule has 3 heteroatoms. The average molecular weight is 192 g/mol. The van der Waals surface area contributed by atoms with E-state index < -0.39 is 0 Å². The van der Waals surface area contributed by atoms with Gasteiger partial charge in [0.05, 0.1) is 6.20 Å². The lowest BCUT2D eigenvalue weighted by Gasteiger charge is -2.09. The van der Waals surface area contributed by atoms with E-state index in [0.717, 1.165) is 11.5 Å². The van der Waals surface area contributed by atoms with Crippen molar-refractivity contribution in [2.24, 2.45) is 7.05 Å². The van der Waals surface area contributed by atoms with Crippen molar-refractivity contribution < 1.29 is 4.79 Å². The summed E-state index contributed by atoms with van der Waals surface area (Å²) in [5.41, 5.74) is 0.729. The topological polar surface area (TPSA) is 34.9 Å². The van der Waals surface area contributed by atoms with Crippen LogP contribution < -0.4 is 0 Å². The molecule has 0 spiro atoms. The Hall–Kier alpha value is -1.12. The first-order chi connectivity index (χ1) is 6.70. The first-order valence-electron chi connectivity index (χ1n) is 5.22. The largest absolute Gasteiger partial charge is 0.329 e. The minimum absolute atomic E-state index is 0.101. The third kappa shape index (κ3) is 1.47. The molecule has 0 aliphatic heterocycles. The van der Waals surface area contributed by atoms with Gasteiger partial charge in [-0.05, 0) is 12.8 Å². The molecule has 2 rings (SSSR count). The van der Waals surface area contributed by atoms with E-state index in [-0.39, 0.29) is 5.78 Å². The third-order valence-electron chi connectivity index (χ3n) is 3.11. The molecule has 76 valence electrons.